The fourth-order valence-corrected chi connectivity index (χ4v) is 4.93. The third-order valence-corrected chi connectivity index (χ3v) is 6.63. The molecule has 0 bridgehead atoms. The summed E-state index contributed by atoms with van der Waals surface area (Å²) < 4.78 is 37.0. The van der Waals surface area contributed by atoms with Crippen molar-refractivity contribution in [2.75, 3.05) is 5.75 Å². The maximum Gasteiger partial charge on any atom is 0.408 e. The van der Waals surface area contributed by atoms with E-state index in [0.29, 0.717) is 11.5 Å². The van der Waals surface area contributed by atoms with Gasteiger partial charge in [0.2, 0.25) is 0 Å². The summed E-state index contributed by atoms with van der Waals surface area (Å²) in [5.41, 5.74) is -2.10. The molecule has 33 heavy (non-hydrogen) atoms. The molecule has 2 aromatic carbocycles. The molecule has 0 saturated carbocycles. The summed E-state index contributed by atoms with van der Waals surface area (Å²) in [4.78, 5) is 28.8. The predicted octanol–water partition coefficient (Wildman–Crippen LogP) is 3.59. The lowest BCUT2D eigenvalue weighted by molar-refractivity contribution is -0.149. The minimum atomic E-state index is -3.86. The van der Waals surface area contributed by atoms with Crippen molar-refractivity contribution in [3.05, 3.63) is 54.6 Å². The van der Waals surface area contributed by atoms with E-state index in [1.54, 1.807) is 32.9 Å². The first kappa shape index (κ1) is 26.1. The van der Waals surface area contributed by atoms with Crippen molar-refractivity contribution in [1.29, 1.82) is 0 Å². The van der Waals surface area contributed by atoms with Gasteiger partial charge < -0.3 is 19.6 Å². The minimum Gasteiger partial charge on any atom is -0.457 e. The summed E-state index contributed by atoms with van der Waals surface area (Å²) in [5.74, 6) is 4.64. The molecule has 0 aliphatic carbocycles. The van der Waals surface area contributed by atoms with Crippen LogP contribution in [0.3, 0.4) is 0 Å². The number of carbonyl (C=O) groups excluding carboxylic acids is 2. The zero-order chi connectivity index (χ0) is 24.9. The molecule has 3 N–H and O–H groups in total. The summed E-state index contributed by atoms with van der Waals surface area (Å²) in [6.07, 6.45) is -0.897. The quantitative estimate of drug-likeness (QED) is 0.550. The van der Waals surface area contributed by atoms with Crippen molar-refractivity contribution < 1.29 is 32.3 Å². The van der Waals surface area contributed by atoms with Gasteiger partial charge in [0.1, 0.15) is 23.1 Å². The molecule has 0 aliphatic rings. The molecule has 1 atom stereocenters. The zero-order valence-corrected chi connectivity index (χ0v) is 20.1. The monoisotopic (exact) mass is 478 g/mol. The summed E-state index contributed by atoms with van der Waals surface area (Å²) in [5, 5.41) is 2.37. The molecule has 0 saturated heterocycles. The molecule has 180 valence electrons. The average Bonchev–Trinajstić information content (AvgIpc) is 2.70. The Balaban J connectivity index is 2.19. The fraction of sp³-hybridized carbons (Fsp3) is 0.391. The Morgan fingerprint density at radius 3 is 2.00 bits per heavy atom. The lowest BCUT2D eigenvalue weighted by Gasteiger charge is -2.33. The van der Waals surface area contributed by atoms with E-state index in [4.69, 9.17) is 15.4 Å². The van der Waals surface area contributed by atoms with Crippen molar-refractivity contribution in [2.24, 2.45) is 11.3 Å². The molecule has 0 fully saturated rings. The first-order valence-electron chi connectivity index (χ1n) is 10.2. The number of carbonyl (C=O) groups is 2. The van der Waals surface area contributed by atoms with Gasteiger partial charge in [-0.05, 0) is 57.2 Å². The Labute approximate surface area is 194 Å². The zero-order valence-electron chi connectivity index (χ0n) is 19.3. The maximum atomic E-state index is 13.1. The number of amides is 1. The second kappa shape index (κ2) is 10.2. The molecular weight excluding hydrogens is 448 g/mol. The Bertz CT molecular complexity index is 1060. The molecule has 2 aromatic rings. The molecule has 9 nitrogen and oxygen atoms in total. The highest BCUT2D eigenvalue weighted by molar-refractivity contribution is 7.91. The molecule has 10 heteroatoms. The lowest BCUT2D eigenvalue weighted by Crippen LogP contribution is -2.54. The van der Waals surface area contributed by atoms with Gasteiger partial charge in [-0.15, -0.1) is 0 Å². The number of hydrogen-bond donors (Lipinski definition) is 2. The largest absolute Gasteiger partial charge is 0.457 e. The highest BCUT2D eigenvalue weighted by Crippen LogP contribution is 2.29. The molecule has 2 rings (SSSR count). The molecule has 0 aliphatic heterocycles. The van der Waals surface area contributed by atoms with E-state index in [-0.39, 0.29) is 4.90 Å². The van der Waals surface area contributed by atoms with Crippen LogP contribution in [-0.2, 0) is 24.2 Å². The average molecular weight is 479 g/mol. The molecular formula is C23H30N2O7S. The van der Waals surface area contributed by atoms with Crippen LogP contribution in [-0.4, -0.2) is 37.9 Å². The summed E-state index contributed by atoms with van der Waals surface area (Å²) in [6.45, 7) is 7.99. The fourth-order valence-electron chi connectivity index (χ4n) is 3.06. The van der Waals surface area contributed by atoms with Crippen LogP contribution in [0.1, 0.15) is 34.6 Å². The van der Waals surface area contributed by atoms with Crippen LogP contribution in [0.15, 0.2) is 59.5 Å². The first-order valence-corrected chi connectivity index (χ1v) is 11.8. The molecule has 0 aromatic heterocycles. The van der Waals surface area contributed by atoms with Gasteiger partial charge >= 0.3 is 12.1 Å². The number of para-hydroxylation sites is 1. The standard InChI is InChI=1S/C23H30N2O7S/c1-22(2,3)31-21(27)25-19(20(26)32-24)23(4,5)15-33(28,29)18-13-11-17(12-14-18)30-16-9-7-6-8-10-16/h6-14,19H,15,24H2,1-5H3,(H,25,27)/t19-/m1/s1. The predicted molar refractivity (Wildman–Crippen MR) is 122 cm³/mol. The van der Waals surface area contributed by atoms with Crippen LogP contribution in [0, 0.1) is 5.41 Å². The van der Waals surface area contributed by atoms with Crippen LogP contribution in [0.5, 0.6) is 11.5 Å². The Hall–Kier alpha value is -3.11. The first-order chi connectivity index (χ1) is 15.2. The number of nitrogens with one attached hydrogen (secondary N) is 1. The van der Waals surface area contributed by atoms with E-state index in [2.05, 4.69) is 10.2 Å². The van der Waals surface area contributed by atoms with Crippen molar-refractivity contribution in [3.63, 3.8) is 0 Å². The second-order valence-corrected chi connectivity index (χ2v) is 11.1. The van der Waals surface area contributed by atoms with Gasteiger partial charge in [0.15, 0.2) is 9.84 Å². The molecule has 0 heterocycles. The van der Waals surface area contributed by atoms with Gasteiger partial charge in [-0.3, -0.25) is 0 Å². The number of hydrogen-bond acceptors (Lipinski definition) is 8. The number of benzene rings is 2. The topological polar surface area (TPSA) is 134 Å². The maximum absolute atomic E-state index is 13.1. The van der Waals surface area contributed by atoms with E-state index in [9.17, 15) is 18.0 Å². The summed E-state index contributed by atoms with van der Waals surface area (Å²) >= 11 is 0. The minimum absolute atomic E-state index is 0.0353. The van der Waals surface area contributed by atoms with E-state index >= 15 is 0 Å². The Morgan fingerprint density at radius 1 is 0.939 bits per heavy atom. The van der Waals surface area contributed by atoms with Crippen LogP contribution in [0.4, 0.5) is 4.79 Å². The highest BCUT2D eigenvalue weighted by Gasteiger charge is 2.42. The molecule has 0 radical (unpaired) electrons. The van der Waals surface area contributed by atoms with Crippen LogP contribution < -0.4 is 16.0 Å². The SMILES string of the molecule is CC(C)(C)OC(=O)N[C@H](C(=O)ON)C(C)(C)CS(=O)(=O)c1ccc(Oc2ccccc2)cc1. The van der Waals surface area contributed by atoms with Gasteiger partial charge in [-0.2, -0.15) is 5.90 Å². The molecule has 1 amide bonds. The van der Waals surface area contributed by atoms with Gasteiger partial charge in [0.05, 0.1) is 10.6 Å². The van der Waals surface area contributed by atoms with E-state index in [0.717, 1.165) is 0 Å². The van der Waals surface area contributed by atoms with E-state index < -0.39 is 44.7 Å². The molecule has 0 unspecified atom stereocenters. The Kier molecular flexibility index (Phi) is 8.10. The number of ether oxygens (including phenoxy) is 2. The third-order valence-electron chi connectivity index (χ3n) is 4.52. The van der Waals surface area contributed by atoms with Crippen LogP contribution >= 0.6 is 0 Å². The van der Waals surface area contributed by atoms with Crippen molar-refractivity contribution in [1.82, 2.24) is 5.32 Å². The Morgan fingerprint density at radius 2 is 1.48 bits per heavy atom. The van der Waals surface area contributed by atoms with Crippen molar-refractivity contribution in [3.8, 4) is 11.5 Å². The van der Waals surface area contributed by atoms with Crippen molar-refractivity contribution in [2.45, 2.75) is 51.2 Å². The smallest absolute Gasteiger partial charge is 0.408 e. The van der Waals surface area contributed by atoms with Crippen LogP contribution in [0.2, 0.25) is 0 Å². The van der Waals surface area contributed by atoms with Gasteiger partial charge in [0, 0.05) is 5.41 Å². The van der Waals surface area contributed by atoms with E-state index in [1.165, 1.54) is 38.1 Å². The van der Waals surface area contributed by atoms with E-state index in [1.807, 2.05) is 18.2 Å². The number of rotatable bonds is 8. The summed E-state index contributed by atoms with van der Waals surface area (Å²) in [6, 6.07) is 13.6. The normalized spacial score (nSPS) is 13.0. The number of nitrogens with two attached hydrogens (primary N) is 1. The van der Waals surface area contributed by atoms with Crippen LogP contribution in [0.25, 0.3) is 0 Å². The number of sulfone groups is 1. The lowest BCUT2D eigenvalue weighted by atomic mass is 9.86. The highest BCUT2D eigenvalue weighted by atomic mass is 32.2. The summed E-state index contributed by atoms with van der Waals surface area (Å²) in [7, 11) is -3.86. The molecule has 0 spiro atoms. The van der Waals surface area contributed by atoms with Gasteiger partial charge in [-0.25, -0.2) is 18.0 Å². The second-order valence-electron chi connectivity index (χ2n) is 9.15. The van der Waals surface area contributed by atoms with Gasteiger partial charge in [0.25, 0.3) is 0 Å². The van der Waals surface area contributed by atoms with Gasteiger partial charge in [-0.1, -0.05) is 32.0 Å². The third kappa shape index (κ3) is 7.76. The number of alkyl carbamates (subject to hydrolysis) is 1. The van der Waals surface area contributed by atoms with Crippen molar-refractivity contribution >= 4 is 21.9 Å².